The summed E-state index contributed by atoms with van der Waals surface area (Å²) >= 11 is 8.35. The van der Waals surface area contributed by atoms with E-state index in [1.807, 2.05) is 6.92 Å². The Hall–Kier alpha value is -1.11. The van der Waals surface area contributed by atoms with Crippen LogP contribution in [0.5, 0.6) is 0 Å². The first-order chi connectivity index (χ1) is 8.60. The van der Waals surface area contributed by atoms with E-state index in [2.05, 4.69) is 9.36 Å². The van der Waals surface area contributed by atoms with E-state index >= 15 is 0 Å². The van der Waals surface area contributed by atoms with E-state index in [1.165, 1.54) is 29.4 Å². The first-order valence-electron chi connectivity index (χ1n) is 5.13. The molecule has 0 aliphatic heterocycles. The number of benzene rings is 1. The summed E-state index contributed by atoms with van der Waals surface area (Å²) in [5, 5.41) is 9.52. The van der Waals surface area contributed by atoms with Gasteiger partial charge in [-0.05, 0) is 29.7 Å². The Labute approximate surface area is 117 Å². The maximum absolute atomic E-state index is 11.1. The van der Waals surface area contributed by atoms with Crippen LogP contribution in [0.15, 0.2) is 27.4 Å². The van der Waals surface area contributed by atoms with Gasteiger partial charge in [-0.2, -0.15) is 4.37 Å². The molecule has 0 aliphatic rings. The lowest BCUT2D eigenvalue weighted by molar-refractivity contribution is 0.0693. The summed E-state index contributed by atoms with van der Waals surface area (Å²) in [5.74, 6) is -0.228. The fraction of sp³-hybridized carbons (Fsp3) is 0.182. The smallest absolute Gasteiger partial charge is 0.336 e. The first kappa shape index (κ1) is 13.3. The number of carboxylic acids is 1. The van der Waals surface area contributed by atoms with Gasteiger partial charge in [0.1, 0.15) is 5.82 Å². The van der Waals surface area contributed by atoms with Gasteiger partial charge in [0.2, 0.25) is 0 Å². The second-order valence-corrected chi connectivity index (χ2v) is 5.86. The molecule has 1 heterocycles. The van der Waals surface area contributed by atoms with Crippen molar-refractivity contribution in [3.05, 3.63) is 34.6 Å². The van der Waals surface area contributed by atoms with E-state index in [9.17, 15) is 4.79 Å². The number of aryl methyl sites for hydroxylation is 1. The third kappa shape index (κ3) is 3.01. The number of carbonyl (C=O) groups is 1. The number of hydrogen-bond acceptors (Lipinski definition) is 5. The summed E-state index contributed by atoms with van der Waals surface area (Å²) in [7, 11) is 0. The lowest BCUT2D eigenvalue weighted by atomic mass is 10.2. The first-order valence-corrected chi connectivity index (χ1v) is 7.10. The van der Waals surface area contributed by atoms with E-state index in [0.29, 0.717) is 9.92 Å². The Morgan fingerprint density at radius 1 is 1.56 bits per heavy atom. The van der Waals surface area contributed by atoms with Gasteiger partial charge in [0.05, 0.1) is 5.56 Å². The van der Waals surface area contributed by atoms with Crippen LogP contribution >= 0.6 is 34.9 Å². The molecular formula is C11H9ClN2O2S2. The quantitative estimate of drug-likeness (QED) is 0.934. The minimum absolute atomic E-state index is 0.181. The zero-order valence-electron chi connectivity index (χ0n) is 9.38. The third-order valence-corrected chi connectivity index (χ3v) is 4.23. The van der Waals surface area contributed by atoms with Crippen molar-refractivity contribution in [1.29, 1.82) is 0 Å². The largest absolute Gasteiger partial charge is 0.478 e. The molecule has 2 rings (SSSR count). The topological polar surface area (TPSA) is 63.1 Å². The highest BCUT2D eigenvalue weighted by Crippen LogP contribution is 2.33. The predicted octanol–water partition coefficient (Wildman–Crippen LogP) is 3.60. The minimum Gasteiger partial charge on any atom is -0.478 e. The Bertz CT molecular complexity index is 586. The number of aromatic nitrogens is 2. The summed E-state index contributed by atoms with van der Waals surface area (Å²) in [4.78, 5) is 16.0. The van der Waals surface area contributed by atoms with Crippen LogP contribution in [-0.2, 0) is 6.42 Å². The van der Waals surface area contributed by atoms with Crippen molar-refractivity contribution >= 4 is 40.9 Å². The molecule has 1 aromatic heterocycles. The normalized spacial score (nSPS) is 10.6. The average molecular weight is 301 g/mol. The van der Waals surface area contributed by atoms with Gasteiger partial charge in [-0.25, -0.2) is 9.78 Å². The van der Waals surface area contributed by atoms with Gasteiger partial charge >= 0.3 is 5.97 Å². The molecule has 0 aliphatic carbocycles. The number of hydrogen-bond donors (Lipinski definition) is 1. The molecule has 0 spiro atoms. The molecule has 0 fully saturated rings. The van der Waals surface area contributed by atoms with Crippen molar-refractivity contribution in [3.63, 3.8) is 0 Å². The zero-order chi connectivity index (χ0) is 13.1. The van der Waals surface area contributed by atoms with Gasteiger partial charge < -0.3 is 5.11 Å². The van der Waals surface area contributed by atoms with Gasteiger partial charge in [-0.15, -0.1) is 0 Å². The number of halogens is 1. The fourth-order valence-electron chi connectivity index (χ4n) is 1.28. The van der Waals surface area contributed by atoms with E-state index in [0.717, 1.165) is 16.6 Å². The Kier molecular flexibility index (Phi) is 4.21. The van der Waals surface area contributed by atoms with Crippen molar-refractivity contribution in [2.24, 2.45) is 0 Å². The van der Waals surface area contributed by atoms with Crippen molar-refractivity contribution < 1.29 is 9.90 Å². The van der Waals surface area contributed by atoms with Crippen molar-refractivity contribution in [2.45, 2.75) is 22.6 Å². The van der Waals surface area contributed by atoms with Gasteiger partial charge in [-0.1, -0.05) is 30.3 Å². The summed E-state index contributed by atoms with van der Waals surface area (Å²) < 4.78 is 4.89. The van der Waals surface area contributed by atoms with Crippen molar-refractivity contribution in [1.82, 2.24) is 9.36 Å². The van der Waals surface area contributed by atoms with E-state index in [4.69, 9.17) is 16.7 Å². The Morgan fingerprint density at radius 2 is 2.33 bits per heavy atom. The zero-order valence-corrected chi connectivity index (χ0v) is 11.8. The lowest BCUT2D eigenvalue weighted by Gasteiger charge is -2.03. The van der Waals surface area contributed by atoms with E-state index < -0.39 is 5.97 Å². The third-order valence-electron chi connectivity index (χ3n) is 2.13. The second kappa shape index (κ2) is 5.69. The maximum Gasteiger partial charge on any atom is 0.336 e. The standard InChI is InChI=1S/C11H9ClN2O2S2/c1-2-9-13-11(18-14-9)17-8-4-3-6(12)5-7(8)10(15)16/h3-5H,2H2,1H3,(H,15,16). The molecule has 0 bridgehead atoms. The molecule has 0 saturated heterocycles. The van der Waals surface area contributed by atoms with Crippen LogP contribution in [0.2, 0.25) is 5.02 Å². The summed E-state index contributed by atoms with van der Waals surface area (Å²) in [6.07, 6.45) is 0.767. The maximum atomic E-state index is 11.1. The van der Waals surface area contributed by atoms with Crippen LogP contribution in [0.1, 0.15) is 23.1 Å². The molecule has 18 heavy (non-hydrogen) atoms. The second-order valence-electron chi connectivity index (χ2n) is 3.38. The van der Waals surface area contributed by atoms with Crippen LogP contribution in [0, 0.1) is 0 Å². The molecule has 0 saturated carbocycles. The molecule has 1 aromatic carbocycles. The Balaban J connectivity index is 2.30. The number of aromatic carboxylic acids is 1. The highest BCUT2D eigenvalue weighted by molar-refractivity contribution is 8.01. The molecule has 0 atom stereocenters. The highest BCUT2D eigenvalue weighted by atomic mass is 35.5. The molecule has 94 valence electrons. The van der Waals surface area contributed by atoms with Gasteiger partial charge in [-0.3, -0.25) is 0 Å². The van der Waals surface area contributed by atoms with Crippen molar-refractivity contribution in [3.8, 4) is 0 Å². The molecule has 1 N–H and O–H groups in total. The van der Waals surface area contributed by atoms with Gasteiger partial charge in [0.25, 0.3) is 0 Å². The van der Waals surface area contributed by atoms with Gasteiger partial charge in [0, 0.05) is 16.3 Å². The van der Waals surface area contributed by atoms with Gasteiger partial charge in [0.15, 0.2) is 4.34 Å². The average Bonchev–Trinajstić information content (AvgIpc) is 2.79. The monoisotopic (exact) mass is 300 g/mol. The van der Waals surface area contributed by atoms with Crippen LogP contribution in [-0.4, -0.2) is 20.4 Å². The predicted molar refractivity (Wildman–Crippen MR) is 71.8 cm³/mol. The number of carboxylic acid groups (broad SMARTS) is 1. The molecule has 7 heteroatoms. The SMILES string of the molecule is CCc1nsc(Sc2ccc(Cl)cc2C(=O)O)n1. The van der Waals surface area contributed by atoms with Crippen LogP contribution < -0.4 is 0 Å². The number of nitrogens with zero attached hydrogens (tertiary/aromatic N) is 2. The molecule has 2 aromatic rings. The highest BCUT2D eigenvalue weighted by Gasteiger charge is 2.14. The minimum atomic E-state index is -1.000. The molecule has 0 unspecified atom stereocenters. The van der Waals surface area contributed by atoms with Crippen LogP contribution in [0.25, 0.3) is 0 Å². The van der Waals surface area contributed by atoms with Crippen LogP contribution in [0.3, 0.4) is 0 Å². The number of rotatable bonds is 4. The summed E-state index contributed by atoms with van der Waals surface area (Å²) in [6.45, 7) is 1.97. The van der Waals surface area contributed by atoms with E-state index in [1.54, 1.807) is 12.1 Å². The summed E-state index contributed by atoms with van der Waals surface area (Å²) in [6, 6.07) is 4.79. The fourth-order valence-corrected chi connectivity index (χ4v) is 3.21. The van der Waals surface area contributed by atoms with E-state index in [-0.39, 0.29) is 5.56 Å². The lowest BCUT2D eigenvalue weighted by Crippen LogP contribution is -1.98. The molecule has 4 nitrogen and oxygen atoms in total. The molecular weight excluding hydrogens is 292 g/mol. The van der Waals surface area contributed by atoms with Crippen molar-refractivity contribution in [2.75, 3.05) is 0 Å². The molecule has 0 radical (unpaired) electrons. The molecule has 0 amide bonds. The Morgan fingerprint density at radius 3 is 2.94 bits per heavy atom. The van der Waals surface area contributed by atoms with Crippen LogP contribution in [0.4, 0.5) is 0 Å². The summed E-state index contributed by atoms with van der Waals surface area (Å²) in [5.41, 5.74) is 0.181.